The first-order valence-corrected chi connectivity index (χ1v) is 9.25. The molecule has 2 unspecified atom stereocenters. The molecule has 0 aliphatic carbocycles. The van der Waals surface area contributed by atoms with E-state index in [1.54, 1.807) is 18.7 Å². The minimum absolute atomic E-state index is 0.200. The van der Waals surface area contributed by atoms with Crippen LogP contribution in [-0.4, -0.2) is 34.5 Å². The summed E-state index contributed by atoms with van der Waals surface area (Å²) in [7, 11) is 1.66. The van der Waals surface area contributed by atoms with Gasteiger partial charge in [-0.3, -0.25) is 4.79 Å². The number of rotatable bonds is 9. The molecule has 0 saturated carbocycles. The summed E-state index contributed by atoms with van der Waals surface area (Å²) < 4.78 is 13.0. The van der Waals surface area contributed by atoms with Crippen molar-refractivity contribution in [1.29, 1.82) is 0 Å². The number of methoxy groups -OCH3 is 1. The van der Waals surface area contributed by atoms with Crippen molar-refractivity contribution >= 4 is 21.9 Å². The minimum atomic E-state index is -0.258. The van der Waals surface area contributed by atoms with Crippen molar-refractivity contribution in [2.24, 2.45) is 0 Å². The summed E-state index contributed by atoms with van der Waals surface area (Å²) in [5.74, 6) is 0.173. The zero-order valence-corrected chi connectivity index (χ0v) is 16.4. The predicted molar refractivity (Wildman–Crippen MR) is 98.2 cm³/mol. The Balaban J connectivity index is 2.45. The van der Waals surface area contributed by atoms with Crippen LogP contribution in [0.5, 0.6) is 0 Å². The largest absolute Gasteiger partial charge is 0.466 e. The van der Waals surface area contributed by atoms with Crippen LogP contribution in [0.15, 0.2) is 35.1 Å². The van der Waals surface area contributed by atoms with E-state index in [2.05, 4.69) is 32.9 Å². The highest BCUT2D eigenvalue weighted by molar-refractivity contribution is 9.10. The Hall–Kier alpha value is -1.73. The molecule has 0 aliphatic rings. The smallest absolute Gasteiger partial charge is 0.306 e. The van der Waals surface area contributed by atoms with Gasteiger partial charge in [-0.2, -0.15) is 0 Å². The molecule has 0 amide bonds. The van der Waals surface area contributed by atoms with Gasteiger partial charge in [-0.1, -0.05) is 43.7 Å². The van der Waals surface area contributed by atoms with Crippen molar-refractivity contribution in [2.75, 3.05) is 13.7 Å². The third-order valence-electron chi connectivity index (χ3n) is 3.90. The van der Waals surface area contributed by atoms with Gasteiger partial charge in [-0.15, -0.1) is 5.10 Å². The molecule has 0 fully saturated rings. The number of halogens is 1. The highest BCUT2D eigenvalue weighted by Gasteiger charge is 2.28. The summed E-state index contributed by atoms with van der Waals surface area (Å²) in [6, 6.07) is 9.81. The molecule has 0 N–H and O–H groups in total. The van der Waals surface area contributed by atoms with Gasteiger partial charge in [0.25, 0.3) is 0 Å². The highest BCUT2D eigenvalue weighted by atomic mass is 79.9. The molecule has 1 heterocycles. The van der Waals surface area contributed by atoms with Crippen LogP contribution in [0.25, 0.3) is 0 Å². The Kier molecular flexibility index (Phi) is 7.58. The van der Waals surface area contributed by atoms with E-state index in [0.717, 1.165) is 18.4 Å². The molecular formula is C18H24BrN3O3. The number of aromatic nitrogens is 3. The molecule has 25 heavy (non-hydrogen) atoms. The number of carbonyl (C=O) groups excluding carboxylic acids is 1. The van der Waals surface area contributed by atoms with Gasteiger partial charge in [0.2, 0.25) is 4.73 Å². The maximum atomic E-state index is 12.2. The van der Waals surface area contributed by atoms with E-state index in [1.807, 2.05) is 30.3 Å². The molecule has 1 aromatic heterocycles. The lowest BCUT2D eigenvalue weighted by atomic mass is 9.94. The van der Waals surface area contributed by atoms with Crippen molar-refractivity contribution in [3.8, 4) is 0 Å². The van der Waals surface area contributed by atoms with E-state index in [-0.39, 0.29) is 24.5 Å². The molecule has 2 atom stereocenters. The number of ether oxygens (including phenoxy) is 2. The molecule has 0 spiro atoms. The number of hydrogen-bond acceptors (Lipinski definition) is 5. The Morgan fingerprint density at radius 1 is 1.28 bits per heavy atom. The number of benzene rings is 1. The first-order valence-electron chi connectivity index (χ1n) is 8.45. The highest BCUT2D eigenvalue weighted by Crippen LogP contribution is 2.31. The number of nitrogens with zero attached hydrogens (tertiary/aromatic N) is 3. The summed E-state index contributed by atoms with van der Waals surface area (Å²) in [6.45, 7) is 4.24. The molecule has 2 rings (SSSR count). The zero-order chi connectivity index (χ0) is 18.2. The summed E-state index contributed by atoms with van der Waals surface area (Å²) in [5, 5.41) is 4.45. The second-order valence-electron chi connectivity index (χ2n) is 5.64. The van der Waals surface area contributed by atoms with Crippen LogP contribution in [0.3, 0.4) is 0 Å². The molecule has 0 saturated heterocycles. The predicted octanol–water partition coefficient (Wildman–Crippen LogP) is 4.07. The van der Waals surface area contributed by atoms with Crippen LogP contribution in [0.4, 0.5) is 0 Å². The maximum absolute atomic E-state index is 12.2. The van der Waals surface area contributed by atoms with E-state index in [0.29, 0.717) is 17.2 Å². The average molecular weight is 410 g/mol. The van der Waals surface area contributed by atoms with Crippen LogP contribution in [-0.2, 0) is 14.3 Å². The van der Waals surface area contributed by atoms with Gasteiger partial charge in [-0.05, 0) is 34.8 Å². The van der Waals surface area contributed by atoms with Gasteiger partial charge in [0.15, 0.2) is 6.23 Å². The third-order valence-corrected chi connectivity index (χ3v) is 4.24. The Bertz CT molecular complexity index is 675. The first kappa shape index (κ1) is 19.6. The maximum Gasteiger partial charge on any atom is 0.306 e. The lowest BCUT2D eigenvalue weighted by molar-refractivity contribution is -0.143. The van der Waals surface area contributed by atoms with Crippen LogP contribution in [0.1, 0.15) is 56.6 Å². The summed E-state index contributed by atoms with van der Waals surface area (Å²) in [6.07, 6.45) is 1.72. The van der Waals surface area contributed by atoms with E-state index < -0.39 is 0 Å². The van der Waals surface area contributed by atoms with Crippen molar-refractivity contribution in [2.45, 2.75) is 45.3 Å². The third kappa shape index (κ3) is 5.12. The minimum Gasteiger partial charge on any atom is -0.466 e. The fourth-order valence-electron chi connectivity index (χ4n) is 2.77. The standard InChI is InChI=1S/C18H24BrN3O3/c1-4-9-15(24-3)22-17(20-18(19)21-22)14(12-16(23)25-5-2)13-10-7-6-8-11-13/h6-8,10-11,14-15H,4-5,9,12H2,1-3H3. The zero-order valence-electron chi connectivity index (χ0n) is 14.8. The summed E-state index contributed by atoms with van der Waals surface area (Å²) in [5.41, 5.74) is 0.989. The molecule has 0 bridgehead atoms. The van der Waals surface area contributed by atoms with Gasteiger partial charge in [0.05, 0.1) is 18.9 Å². The fourth-order valence-corrected chi connectivity index (χ4v) is 3.13. The SMILES string of the molecule is CCCC(OC)n1nc(Br)nc1C(CC(=O)OCC)c1ccccc1. The number of carbonyl (C=O) groups is 1. The van der Waals surface area contributed by atoms with Crippen molar-refractivity contribution in [3.63, 3.8) is 0 Å². The van der Waals surface area contributed by atoms with Crippen molar-refractivity contribution in [1.82, 2.24) is 14.8 Å². The molecular weight excluding hydrogens is 386 g/mol. The van der Waals surface area contributed by atoms with Gasteiger partial charge in [0.1, 0.15) is 5.82 Å². The lowest BCUT2D eigenvalue weighted by Crippen LogP contribution is -2.21. The quantitative estimate of drug-likeness (QED) is 0.583. The molecule has 0 radical (unpaired) electrons. The second kappa shape index (κ2) is 9.68. The average Bonchev–Trinajstić information content (AvgIpc) is 3.00. The summed E-state index contributed by atoms with van der Waals surface area (Å²) >= 11 is 3.35. The molecule has 1 aromatic carbocycles. The lowest BCUT2D eigenvalue weighted by Gasteiger charge is -2.21. The monoisotopic (exact) mass is 409 g/mol. The molecule has 0 aliphatic heterocycles. The fraction of sp³-hybridized carbons (Fsp3) is 0.500. The van der Waals surface area contributed by atoms with Crippen LogP contribution >= 0.6 is 15.9 Å². The van der Waals surface area contributed by atoms with E-state index in [1.165, 1.54) is 0 Å². The van der Waals surface area contributed by atoms with Gasteiger partial charge >= 0.3 is 5.97 Å². The van der Waals surface area contributed by atoms with Crippen LogP contribution in [0.2, 0.25) is 0 Å². The molecule has 7 heteroatoms. The molecule has 6 nitrogen and oxygen atoms in total. The number of hydrogen-bond donors (Lipinski definition) is 0. The first-order chi connectivity index (χ1) is 12.1. The van der Waals surface area contributed by atoms with Gasteiger partial charge in [0, 0.05) is 7.11 Å². The van der Waals surface area contributed by atoms with Crippen LogP contribution in [0, 0.1) is 0 Å². The molecule has 2 aromatic rings. The topological polar surface area (TPSA) is 66.2 Å². The number of esters is 1. The van der Waals surface area contributed by atoms with Crippen molar-refractivity contribution < 1.29 is 14.3 Å². The van der Waals surface area contributed by atoms with Gasteiger partial charge < -0.3 is 9.47 Å². The van der Waals surface area contributed by atoms with Crippen molar-refractivity contribution in [3.05, 3.63) is 46.5 Å². The van der Waals surface area contributed by atoms with E-state index in [4.69, 9.17) is 9.47 Å². The van der Waals surface area contributed by atoms with E-state index in [9.17, 15) is 4.79 Å². The Morgan fingerprint density at radius 2 is 2.00 bits per heavy atom. The summed E-state index contributed by atoms with van der Waals surface area (Å²) in [4.78, 5) is 16.7. The van der Waals surface area contributed by atoms with Crippen LogP contribution < -0.4 is 0 Å². The Morgan fingerprint density at radius 3 is 2.60 bits per heavy atom. The normalized spacial score (nSPS) is 13.4. The second-order valence-corrected chi connectivity index (χ2v) is 6.34. The van der Waals surface area contributed by atoms with E-state index >= 15 is 0 Å². The molecule has 136 valence electrons. The Labute approximate surface area is 156 Å². The van der Waals surface area contributed by atoms with Gasteiger partial charge in [-0.25, -0.2) is 9.67 Å².